The highest BCUT2D eigenvalue weighted by Crippen LogP contribution is 2.47. The van der Waals surface area contributed by atoms with Crippen molar-refractivity contribution in [1.82, 2.24) is 28.7 Å². The minimum atomic E-state index is 0.157. The van der Waals surface area contributed by atoms with Gasteiger partial charge in [-0.25, -0.2) is 15.0 Å². The van der Waals surface area contributed by atoms with Crippen LogP contribution in [0.3, 0.4) is 0 Å². The molecule has 12 aromatic rings. The lowest BCUT2D eigenvalue weighted by Gasteiger charge is -2.28. The van der Waals surface area contributed by atoms with Gasteiger partial charge in [-0.2, -0.15) is 0 Å². The first kappa shape index (κ1) is 40.6. The van der Waals surface area contributed by atoms with Gasteiger partial charge in [-0.1, -0.05) is 178 Å². The Morgan fingerprint density at radius 1 is 0.420 bits per heavy atom. The first-order valence-electron chi connectivity index (χ1n) is 24.0. The predicted molar refractivity (Wildman–Crippen MR) is 284 cm³/mol. The largest absolute Gasteiger partial charge is 0.292 e. The zero-order valence-electron chi connectivity index (χ0n) is 38.8. The molecule has 0 saturated carbocycles. The van der Waals surface area contributed by atoms with Gasteiger partial charge in [0.25, 0.3) is 0 Å². The van der Waals surface area contributed by atoms with E-state index in [0.717, 1.165) is 85.0 Å². The van der Waals surface area contributed by atoms with Gasteiger partial charge in [-0.05, 0) is 106 Å². The van der Waals surface area contributed by atoms with Crippen molar-refractivity contribution < 1.29 is 0 Å². The summed E-state index contributed by atoms with van der Waals surface area (Å²) in [6, 6.07) is 76.1. The Balaban J connectivity index is 0.900. The van der Waals surface area contributed by atoms with Crippen LogP contribution in [0.25, 0.3) is 107 Å². The van der Waals surface area contributed by atoms with Gasteiger partial charge in [0.2, 0.25) is 0 Å². The molecule has 1 atom stereocenters. The Kier molecular flexibility index (Phi) is 9.61. The summed E-state index contributed by atoms with van der Waals surface area (Å²) < 4.78 is 7.03. The Morgan fingerprint density at radius 3 is 1.71 bits per heavy atom. The zero-order valence-corrected chi connectivity index (χ0v) is 38.8. The maximum absolute atomic E-state index is 5.42. The third-order valence-electron chi connectivity index (χ3n) is 14.0. The fraction of sp³-hybridized carbons (Fsp3) is 0.0952. The Morgan fingerprint density at radius 2 is 0.957 bits per heavy atom. The smallest absolute Gasteiger partial charge is 0.145 e. The van der Waals surface area contributed by atoms with Crippen LogP contribution in [0, 0.1) is 5.92 Å². The van der Waals surface area contributed by atoms with Crippen molar-refractivity contribution >= 4 is 33.1 Å². The van der Waals surface area contributed by atoms with Gasteiger partial charge in [0, 0.05) is 28.3 Å². The van der Waals surface area contributed by atoms with Crippen molar-refractivity contribution in [2.75, 3.05) is 0 Å². The van der Waals surface area contributed by atoms with E-state index in [1.54, 1.807) is 0 Å². The maximum atomic E-state index is 5.42. The van der Waals surface area contributed by atoms with E-state index in [0.29, 0.717) is 5.92 Å². The zero-order chi connectivity index (χ0) is 46.2. The standard InChI is InChI=1S/C63H48N6/c1-40(2)38-48-18-10-13-23-55(48)68-58-39-47(34-36-53(58)65-62(68)44-16-6-4-7-17-44)42-26-30-46(31-27-42)63-66-54-37-35-51(59-41(3)50-21-11-14-24-56(50)69(63)60(54)59)43-28-32-45(33-29-43)61-64-52-22-12-15-25-57(52)67(61)49-19-8-5-9-20-49/h4-37,39-41H,38H2,1-3H3. The van der Waals surface area contributed by atoms with E-state index in [4.69, 9.17) is 15.0 Å². The second-order valence-corrected chi connectivity index (χ2v) is 18.8. The Hall–Kier alpha value is -8.61. The van der Waals surface area contributed by atoms with Crippen LogP contribution in [0.15, 0.2) is 212 Å². The molecule has 0 spiro atoms. The quantitative estimate of drug-likeness (QED) is 0.145. The van der Waals surface area contributed by atoms with Crippen molar-refractivity contribution in [3.05, 3.63) is 229 Å². The monoisotopic (exact) mass is 888 g/mol. The number of hydrogen-bond donors (Lipinski definition) is 0. The van der Waals surface area contributed by atoms with Crippen molar-refractivity contribution in [2.45, 2.75) is 33.1 Å². The van der Waals surface area contributed by atoms with Crippen LogP contribution in [-0.4, -0.2) is 28.7 Å². The summed E-state index contributed by atoms with van der Waals surface area (Å²) in [4.78, 5) is 15.8. The van der Waals surface area contributed by atoms with Crippen LogP contribution in [0.1, 0.15) is 43.4 Å². The molecule has 1 aliphatic heterocycles. The number of nitrogens with zero attached hydrogens (tertiary/aromatic N) is 6. The van der Waals surface area contributed by atoms with E-state index in [2.05, 4.69) is 247 Å². The lowest BCUT2D eigenvalue weighted by molar-refractivity contribution is 0.645. The summed E-state index contributed by atoms with van der Waals surface area (Å²) in [5, 5.41) is 0. The molecule has 0 N–H and O–H groups in total. The SMILES string of the molecule is CC(C)Cc1ccccc1-n1c(-c2ccccc2)nc2ccc(-c3ccc(-c4nc5ccc(-c6ccc(-c7nc8ccccc8n7-c7ccccc7)cc6)c6c5n4-c4ccccc4C6C)cc3)cc21. The lowest BCUT2D eigenvalue weighted by Crippen LogP contribution is -2.13. The number of fused-ring (bicyclic) bond motifs is 4. The van der Waals surface area contributed by atoms with Gasteiger partial charge in [0.1, 0.15) is 17.5 Å². The van der Waals surface area contributed by atoms with Crippen LogP contribution < -0.4 is 0 Å². The Bertz CT molecular complexity index is 3890. The number of benzene rings is 9. The van der Waals surface area contributed by atoms with Gasteiger partial charge in [-0.15, -0.1) is 0 Å². The fourth-order valence-electron chi connectivity index (χ4n) is 10.8. The number of rotatable bonds is 9. The first-order chi connectivity index (χ1) is 34.0. The van der Waals surface area contributed by atoms with Crippen molar-refractivity contribution in [1.29, 1.82) is 0 Å². The predicted octanol–water partition coefficient (Wildman–Crippen LogP) is 15.7. The van der Waals surface area contributed by atoms with Crippen LogP contribution in [0.4, 0.5) is 0 Å². The molecule has 6 nitrogen and oxygen atoms in total. The average molecular weight is 889 g/mol. The molecule has 4 heterocycles. The fourth-order valence-corrected chi connectivity index (χ4v) is 10.8. The molecule has 330 valence electrons. The number of para-hydroxylation sites is 5. The minimum absolute atomic E-state index is 0.157. The number of hydrogen-bond acceptors (Lipinski definition) is 3. The summed E-state index contributed by atoms with van der Waals surface area (Å²) in [5.74, 6) is 3.49. The van der Waals surface area contributed by atoms with Crippen LogP contribution in [-0.2, 0) is 6.42 Å². The van der Waals surface area contributed by atoms with Gasteiger partial charge < -0.3 is 0 Å². The highest BCUT2D eigenvalue weighted by molar-refractivity contribution is 5.95. The second kappa shape index (κ2) is 16.3. The summed E-state index contributed by atoms with van der Waals surface area (Å²) >= 11 is 0. The maximum Gasteiger partial charge on any atom is 0.145 e. The molecule has 0 radical (unpaired) electrons. The highest BCUT2D eigenvalue weighted by Gasteiger charge is 2.31. The molecule has 0 fully saturated rings. The summed E-state index contributed by atoms with van der Waals surface area (Å²) in [5.41, 5.74) is 21.5. The van der Waals surface area contributed by atoms with Crippen LogP contribution in [0.2, 0.25) is 0 Å². The summed E-state index contributed by atoms with van der Waals surface area (Å²) in [6.45, 7) is 6.91. The molecule has 0 amide bonds. The van der Waals surface area contributed by atoms with Gasteiger partial charge >= 0.3 is 0 Å². The summed E-state index contributed by atoms with van der Waals surface area (Å²) in [7, 11) is 0. The molecule has 9 aromatic carbocycles. The third kappa shape index (κ3) is 6.74. The molecule has 69 heavy (non-hydrogen) atoms. The van der Waals surface area contributed by atoms with E-state index in [1.807, 2.05) is 0 Å². The molecule has 6 heteroatoms. The van der Waals surface area contributed by atoms with E-state index >= 15 is 0 Å². The first-order valence-corrected chi connectivity index (χ1v) is 24.0. The third-order valence-corrected chi connectivity index (χ3v) is 14.0. The van der Waals surface area contributed by atoms with Crippen LogP contribution in [0.5, 0.6) is 0 Å². The van der Waals surface area contributed by atoms with E-state index in [9.17, 15) is 0 Å². The van der Waals surface area contributed by atoms with E-state index in [1.165, 1.54) is 44.7 Å². The summed E-state index contributed by atoms with van der Waals surface area (Å²) in [6.07, 6.45) is 0.982. The Labute approximate surface area is 401 Å². The molecule has 1 aliphatic rings. The normalized spacial score (nSPS) is 13.2. The number of aromatic nitrogens is 6. The molecule has 13 rings (SSSR count). The molecule has 3 aromatic heterocycles. The van der Waals surface area contributed by atoms with E-state index < -0.39 is 0 Å². The van der Waals surface area contributed by atoms with Crippen molar-refractivity contribution in [2.24, 2.45) is 5.92 Å². The van der Waals surface area contributed by atoms with Crippen LogP contribution >= 0.6 is 0 Å². The molecule has 1 unspecified atom stereocenters. The molecule has 0 bridgehead atoms. The second-order valence-electron chi connectivity index (χ2n) is 18.8. The van der Waals surface area contributed by atoms with Crippen molar-refractivity contribution in [3.8, 4) is 73.5 Å². The average Bonchev–Trinajstić information content (AvgIpc) is 4.11. The van der Waals surface area contributed by atoms with Gasteiger partial charge in [-0.3, -0.25) is 13.7 Å². The topological polar surface area (TPSA) is 53.5 Å². The number of imidazole rings is 3. The highest BCUT2D eigenvalue weighted by atomic mass is 15.1. The van der Waals surface area contributed by atoms with Gasteiger partial charge in [0.05, 0.1) is 44.5 Å². The molecule has 0 saturated heterocycles. The minimum Gasteiger partial charge on any atom is -0.292 e. The molecular formula is C63H48N6. The van der Waals surface area contributed by atoms with E-state index in [-0.39, 0.29) is 5.92 Å². The van der Waals surface area contributed by atoms with Crippen molar-refractivity contribution in [3.63, 3.8) is 0 Å². The van der Waals surface area contributed by atoms with Gasteiger partial charge in [0.15, 0.2) is 0 Å². The molecule has 0 aliphatic carbocycles. The molecular weight excluding hydrogens is 841 g/mol. The lowest BCUT2D eigenvalue weighted by atomic mass is 9.83.